The van der Waals surface area contributed by atoms with Gasteiger partial charge in [0.1, 0.15) is 0 Å². The predicted octanol–water partition coefficient (Wildman–Crippen LogP) is 1.59. The number of hydrogen-bond acceptors (Lipinski definition) is 2. The van der Waals surface area contributed by atoms with Gasteiger partial charge in [-0.1, -0.05) is 0 Å². The summed E-state index contributed by atoms with van der Waals surface area (Å²) in [4.78, 5) is 0. The van der Waals surface area contributed by atoms with Gasteiger partial charge in [-0.2, -0.15) is 0 Å². The van der Waals surface area contributed by atoms with Gasteiger partial charge in [0.05, 0.1) is 18.3 Å². The van der Waals surface area contributed by atoms with Crippen LogP contribution in [-0.4, -0.2) is 24.9 Å². The van der Waals surface area contributed by atoms with Crippen LogP contribution in [0.25, 0.3) is 0 Å². The van der Waals surface area contributed by atoms with Crippen molar-refractivity contribution in [3.05, 3.63) is 0 Å². The maximum Gasteiger partial charge on any atom is 0.0831 e. The monoisotopic (exact) mass is 144 g/mol. The first-order valence-corrected chi connectivity index (χ1v) is 3.83. The quantitative estimate of drug-likeness (QED) is 0.561. The molecule has 2 nitrogen and oxygen atoms in total. The largest absolute Gasteiger partial charge is 0.376 e. The van der Waals surface area contributed by atoms with Crippen LogP contribution in [0.2, 0.25) is 0 Å². The number of hydrogen-bond donors (Lipinski definition) is 0. The topological polar surface area (TPSA) is 21.8 Å². The maximum absolute atomic E-state index is 5.50. The number of rotatable bonds is 3. The van der Waals surface area contributed by atoms with E-state index in [2.05, 4.69) is 20.8 Å². The SMILES string of the molecule is CC(C)(C)OCCC1CO1. The molecule has 1 saturated heterocycles. The summed E-state index contributed by atoms with van der Waals surface area (Å²) in [6.07, 6.45) is 1.56. The van der Waals surface area contributed by atoms with E-state index in [1.165, 1.54) is 0 Å². The van der Waals surface area contributed by atoms with Crippen LogP contribution in [0.4, 0.5) is 0 Å². The third kappa shape index (κ3) is 3.85. The fourth-order valence-electron chi connectivity index (χ4n) is 0.731. The van der Waals surface area contributed by atoms with Crippen LogP contribution in [0.5, 0.6) is 0 Å². The van der Waals surface area contributed by atoms with Crippen molar-refractivity contribution in [2.24, 2.45) is 0 Å². The minimum absolute atomic E-state index is 0.00882. The van der Waals surface area contributed by atoms with Gasteiger partial charge in [0.25, 0.3) is 0 Å². The Morgan fingerprint density at radius 2 is 2.10 bits per heavy atom. The number of epoxide rings is 1. The Bertz CT molecular complexity index is 100. The molecule has 0 amide bonds. The van der Waals surface area contributed by atoms with Crippen molar-refractivity contribution >= 4 is 0 Å². The molecule has 10 heavy (non-hydrogen) atoms. The van der Waals surface area contributed by atoms with Gasteiger partial charge in [-0.15, -0.1) is 0 Å². The maximum atomic E-state index is 5.50. The zero-order valence-corrected chi connectivity index (χ0v) is 7.02. The van der Waals surface area contributed by atoms with Crippen molar-refractivity contribution in [1.82, 2.24) is 0 Å². The molecule has 0 N–H and O–H groups in total. The molecule has 1 rings (SSSR count). The Balaban J connectivity index is 1.93. The van der Waals surface area contributed by atoms with E-state index in [0.29, 0.717) is 6.10 Å². The second kappa shape index (κ2) is 2.89. The Labute approximate surface area is 62.5 Å². The van der Waals surface area contributed by atoms with E-state index in [-0.39, 0.29) is 5.60 Å². The Hall–Kier alpha value is -0.0800. The van der Waals surface area contributed by atoms with E-state index in [0.717, 1.165) is 19.6 Å². The lowest BCUT2D eigenvalue weighted by Gasteiger charge is -2.18. The van der Waals surface area contributed by atoms with Crippen molar-refractivity contribution in [3.63, 3.8) is 0 Å². The van der Waals surface area contributed by atoms with E-state index in [9.17, 15) is 0 Å². The Morgan fingerprint density at radius 3 is 2.50 bits per heavy atom. The zero-order chi connectivity index (χ0) is 7.61. The van der Waals surface area contributed by atoms with Gasteiger partial charge in [-0.3, -0.25) is 0 Å². The van der Waals surface area contributed by atoms with Gasteiger partial charge in [-0.25, -0.2) is 0 Å². The van der Waals surface area contributed by atoms with Crippen molar-refractivity contribution in [2.45, 2.75) is 38.9 Å². The molecule has 0 aromatic heterocycles. The molecule has 0 saturated carbocycles. The fourth-order valence-corrected chi connectivity index (χ4v) is 0.731. The minimum atomic E-state index is 0.00882. The normalized spacial score (nSPS) is 24.9. The highest BCUT2D eigenvalue weighted by molar-refractivity contribution is 4.69. The molecular weight excluding hydrogens is 128 g/mol. The molecular formula is C8H16O2. The molecule has 1 fully saturated rings. The van der Waals surface area contributed by atoms with Crippen LogP contribution >= 0.6 is 0 Å². The van der Waals surface area contributed by atoms with Crippen LogP contribution in [0.15, 0.2) is 0 Å². The van der Waals surface area contributed by atoms with Crippen LogP contribution < -0.4 is 0 Å². The first-order valence-electron chi connectivity index (χ1n) is 3.83. The standard InChI is InChI=1S/C8H16O2/c1-8(2,3)10-5-4-7-6-9-7/h7H,4-6H2,1-3H3. The van der Waals surface area contributed by atoms with E-state index >= 15 is 0 Å². The molecule has 0 bridgehead atoms. The first-order chi connectivity index (χ1) is 4.58. The molecule has 60 valence electrons. The highest BCUT2D eigenvalue weighted by Crippen LogP contribution is 2.15. The van der Waals surface area contributed by atoms with Crippen molar-refractivity contribution in [1.29, 1.82) is 0 Å². The third-order valence-electron chi connectivity index (χ3n) is 1.38. The molecule has 0 aromatic carbocycles. The summed E-state index contributed by atoms with van der Waals surface area (Å²) < 4.78 is 10.5. The van der Waals surface area contributed by atoms with Crippen LogP contribution in [0, 0.1) is 0 Å². The summed E-state index contributed by atoms with van der Waals surface area (Å²) in [6.45, 7) is 7.98. The van der Waals surface area contributed by atoms with Crippen molar-refractivity contribution in [3.8, 4) is 0 Å². The molecule has 1 aliphatic heterocycles. The molecule has 1 heterocycles. The lowest BCUT2D eigenvalue weighted by atomic mass is 10.2. The first kappa shape index (κ1) is 8.02. The highest BCUT2D eigenvalue weighted by atomic mass is 16.6. The van der Waals surface area contributed by atoms with Gasteiger partial charge in [0, 0.05) is 6.61 Å². The summed E-state index contributed by atoms with van der Waals surface area (Å²) in [5.74, 6) is 0. The van der Waals surface area contributed by atoms with Crippen molar-refractivity contribution in [2.75, 3.05) is 13.2 Å². The molecule has 1 aliphatic rings. The fraction of sp³-hybridized carbons (Fsp3) is 1.00. The molecule has 0 radical (unpaired) electrons. The van der Waals surface area contributed by atoms with Crippen LogP contribution in [0.3, 0.4) is 0 Å². The Kier molecular flexibility index (Phi) is 2.32. The van der Waals surface area contributed by atoms with Crippen LogP contribution in [0.1, 0.15) is 27.2 Å². The van der Waals surface area contributed by atoms with E-state index in [1.54, 1.807) is 0 Å². The Morgan fingerprint density at radius 1 is 1.50 bits per heavy atom. The lowest BCUT2D eigenvalue weighted by molar-refractivity contribution is -0.00609. The van der Waals surface area contributed by atoms with Gasteiger partial charge in [0.15, 0.2) is 0 Å². The van der Waals surface area contributed by atoms with E-state index in [1.807, 2.05) is 0 Å². The van der Waals surface area contributed by atoms with Gasteiger partial charge >= 0.3 is 0 Å². The van der Waals surface area contributed by atoms with Crippen molar-refractivity contribution < 1.29 is 9.47 Å². The minimum Gasteiger partial charge on any atom is -0.376 e. The molecule has 2 heteroatoms. The van der Waals surface area contributed by atoms with Gasteiger partial charge in [0.2, 0.25) is 0 Å². The highest BCUT2D eigenvalue weighted by Gasteiger charge is 2.22. The summed E-state index contributed by atoms with van der Waals surface area (Å²) in [7, 11) is 0. The second-order valence-corrected chi connectivity index (χ2v) is 3.70. The molecule has 0 spiro atoms. The smallest absolute Gasteiger partial charge is 0.0831 e. The lowest BCUT2D eigenvalue weighted by Crippen LogP contribution is -2.20. The molecule has 1 unspecified atom stereocenters. The summed E-state index contributed by atoms with van der Waals surface area (Å²) in [6, 6.07) is 0. The molecule has 1 atom stereocenters. The molecule has 0 aliphatic carbocycles. The number of ether oxygens (including phenoxy) is 2. The predicted molar refractivity (Wildman–Crippen MR) is 40.1 cm³/mol. The zero-order valence-electron chi connectivity index (χ0n) is 7.02. The van der Waals surface area contributed by atoms with Gasteiger partial charge in [-0.05, 0) is 27.2 Å². The summed E-state index contributed by atoms with van der Waals surface area (Å²) >= 11 is 0. The summed E-state index contributed by atoms with van der Waals surface area (Å²) in [5, 5.41) is 0. The average molecular weight is 144 g/mol. The third-order valence-corrected chi connectivity index (χ3v) is 1.38. The van der Waals surface area contributed by atoms with Crippen LogP contribution in [-0.2, 0) is 9.47 Å². The van der Waals surface area contributed by atoms with E-state index < -0.39 is 0 Å². The van der Waals surface area contributed by atoms with E-state index in [4.69, 9.17) is 9.47 Å². The second-order valence-electron chi connectivity index (χ2n) is 3.70. The average Bonchev–Trinajstić information content (AvgIpc) is 2.45. The van der Waals surface area contributed by atoms with Gasteiger partial charge < -0.3 is 9.47 Å². The molecule has 0 aromatic rings. The summed E-state index contributed by atoms with van der Waals surface area (Å²) in [5.41, 5.74) is 0.00882.